The molecule has 0 bridgehead atoms. The fraction of sp³-hybridized carbons (Fsp3) is 0.796. The number of likely N-dealkylation sites (tertiary alicyclic amines) is 1. The largest absolute Gasteiger partial charge is 0.415 e. The molecule has 11 nitrogen and oxygen atoms in total. The zero-order valence-electron chi connectivity index (χ0n) is 44.6. The molecule has 2 N–H and O–H groups in total. The first-order chi connectivity index (χ1) is 29.5. The molecule has 0 radical (unpaired) electrons. The normalized spacial score (nSPS) is 21.4. The second-order valence-electron chi connectivity index (χ2n) is 25.3. The van der Waals surface area contributed by atoms with E-state index in [9.17, 15) is 8.42 Å². The maximum atomic E-state index is 12.9. The molecular formula is C49H93N5O6SSi4. The first-order valence-electron chi connectivity index (χ1n) is 24.6. The minimum atomic E-state index is -3.42. The molecule has 1 aliphatic carbocycles. The van der Waals surface area contributed by atoms with E-state index in [-0.39, 0.29) is 49.8 Å². The highest BCUT2D eigenvalue weighted by atomic mass is 32.2. The molecule has 65 heavy (non-hydrogen) atoms. The van der Waals surface area contributed by atoms with Gasteiger partial charge in [-0.3, -0.25) is 9.62 Å². The first-order valence-corrected chi connectivity index (χ1v) is 37.8. The van der Waals surface area contributed by atoms with Crippen molar-refractivity contribution in [3.8, 4) is 11.4 Å². The van der Waals surface area contributed by atoms with Crippen molar-refractivity contribution in [1.29, 1.82) is 0 Å². The minimum absolute atomic E-state index is 0.00842. The average Bonchev–Trinajstić information content (AvgIpc) is 4.01. The van der Waals surface area contributed by atoms with Crippen molar-refractivity contribution in [2.45, 2.75) is 224 Å². The van der Waals surface area contributed by atoms with Gasteiger partial charge in [-0.05, 0) is 129 Å². The Bertz CT molecular complexity index is 1960. The smallest absolute Gasteiger partial charge is 0.235 e. The number of aromatic nitrogens is 2. The van der Waals surface area contributed by atoms with Crippen molar-refractivity contribution >= 4 is 54.7 Å². The van der Waals surface area contributed by atoms with Crippen LogP contribution in [0.3, 0.4) is 0 Å². The van der Waals surface area contributed by atoms with E-state index >= 15 is 0 Å². The van der Waals surface area contributed by atoms with Crippen molar-refractivity contribution in [2.75, 3.05) is 36.3 Å². The van der Waals surface area contributed by atoms with Gasteiger partial charge in [0.05, 0.1) is 41.9 Å². The molecule has 1 aromatic carbocycles. The summed E-state index contributed by atoms with van der Waals surface area (Å²) in [7, 11) is -12.4. The van der Waals surface area contributed by atoms with Gasteiger partial charge in [0, 0.05) is 36.7 Å². The lowest BCUT2D eigenvalue weighted by Gasteiger charge is -2.56. The van der Waals surface area contributed by atoms with Crippen molar-refractivity contribution in [1.82, 2.24) is 14.9 Å². The second kappa shape index (κ2) is 20.9. The van der Waals surface area contributed by atoms with Crippen molar-refractivity contribution in [3.63, 3.8) is 0 Å². The predicted octanol–water partition coefficient (Wildman–Crippen LogP) is 12.9. The van der Waals surface area contributed by atoms with Gasteiger partial charge in [0.2, 0.25) is 10.0 Å². The number of hydrogen-bond donors (Lipinski definition) is 2. The van der Waals surface area contributed by atoms with Crippen LogP contribution >= 0.6 is 0 Å². The summed E-state index contributed by atoms with van der Waals surface area (Å²) in [6.45, 7) is 50.1. The fourth-order valence-corrected chi connectivity index (χ4v) is 13.4. The Labute approximate surface area is 401 Å². The number of hydrogen-bond acceptors (Lipinski definition) is 10. The summed E-state index contributed by atoms with van der Waals surface area (Å²) in [5, 5.41) is 3.40. The molecule has 2 fully saturated rings. The van der Waals surface area contributed by atoms with Crippen LogP contribution in [-0.4, -0.2) is 112 Å². The van der Waals surface area contributed by atoms with E-state index in [4.69, 9.17) is 17.7 Å². The molecule has 1 saturated carbocycles. The third kappa shape index (κ3) is 15.0. The van der Waals surface area contributed by atoms with Crippen LogP contribution in [0.5, 0.6) is 0 Å². The van der Waals surface area contributed by atoms with Crippen LogP contribution in [0.4, 0.5) is 11.4 Å². The maximum Gasteiger partial charge on any atom is 0.235 e. The zero-order chi connectivity index (χ0) is 49.2. The Morgan fingerprint density at radius 2 is 1.14 bits per heavy atom. The Morgan fingerprint density at radius 1 is 0.646 bits per heavy atom. The lowest BCUT2D eigenvalue weighted by Crippen LogP contribution is -2.70. The molecule has 0 amide bonds. The van der Waals surface area contributed by atoms with E-state index in [0.29, 0.717) is 31.0 Å². The molecule has 1 saturated heterocycles. The number of rotatable bonds is 21. The molecule has 1 aromatic heterocycles. The Hall–Kier alpha value is -1.48. The monoisotopic (exact) mass is 992 g/mol. The summed E-state index contributed by atoms with van der Waals surface area (Å²) in [6.07, 6.45) is 8.39. The molecule has 4 atom stereocenters. The number of piperidine rings is 1. The first kappa shape index (κ1) is 56.1. The number of nitrogens with zero attached hydrogens (tertiary/aromatic N) is 3. The van der Waals surface area contributed by atoms with Crippen LogP contribution in [0.15, 0.2) is 36.7 Å². The van der Waals surface area contributed by atoms with E-state index in [0.717, 1.165) is 56.6 Å². The summed E-state index contributed by atoms with van der Waals surface area (Å²) < 4.78 is 58.8. The van der Waals surface area contributed by atoms with Crippen molar-refractivity contribution < 1.29 is 26.1 Å². The third-order valence-electron chi connectivity index (χ3n) is 15.8. The van der Waals surface area contributed by atoms with Gasteiger partial charge < -0.3 is 23.0 Å². The summed E-state index contributed by atoms with van der Waals surface area (Å²) >= 11 is 0. The lowest BCUT2D eigenvalue weighted by molar-refractivity contribution is -0.128. The van der Waals surface area contributed by atoms with Gasteiger partial charge in [-0.15, -0.1) is 0 Å². The highest BCUT2D eigenvalue weighted by molar-refractivity contribution is 7.93. The predicted molar refractivity (Wildman–Crippen MR) is 285 cm³/mol. The number of anilines is 2. The van der Waals surface area contributed by atoms with E-state index in [2.05, 4.69) is 160 Å². The summed E-state index contributed by atoms with van der Waals surface area (Å²) in [6, 6.07) is 7.49. The number of benzene rings is 1. The molecule has 3 unspecified atom stereocenters. The number of nitrogens with one attached hydrogen (secondary N) is 2. The molecule has 16 heteroatoms. The Balaban J connectivity index is 1.61. The molecule has 4 rings (SSSR count). The molecule has 1 aliphatic heterocycles. The fourth-order valence-electron chi connectivity index (χ4n) is 7.08. The molecule has 2 heterocycles. The van der Waals surface area contributed by atoms with Crippen molar-refractivity contribution in [2.24, 2.45) is 0 Å². The van der Waals surface area contributed by atoms with Gasteiger partial charge in [-0.25, -0.2) is 18.4 Å². The highest BCUT2D eigenvalue weighted by Gasteiger charge is 2.55. The third-order valence-corrected chi connectivity index (χ3v) is 35.6. The van der Waals surface area contributed by atoms with Gasteiger partial charge in [-0.1, -0.05) is 95.9 Å². The van der Waals surface area contributed by atoms with E-state index in [1.165, 1.54) is 0 Å². The van der Waals surface area contributed by atoms with Crippen LogP contribution < -0.4 is 10.0 Å². The second-order valence-corrected chi connectivity index (χ2v) is 46.3. The molecule has 2 aromatic rings. The van der Waals surface area contributed by atoms with Gasteiger partial charge in [-0.2, -0.15) is 0 Å². The number of unbranched alkanes of at least 4 members (excludes halogenated alkanes) is 3. The van der Waals surface area contributed by atoms with Crippen LogP contribution in [0.2, 0.25) is 72.5 Å². The van der Waals surface area contributed by atoms with Crippen molar-refractivity contribution in [3.05, 3.63) is 36.7 Å². The topological polar surface area (TPSA) is 124 Å². The SMILES string of the molecule is CC(C)(C)[Si](C)(C)OC[C@@H]1C(O[Si](C)(C)C(C)(C)C)C(O[Si](C)(C)C(C)(C)C)C(O[Si](C)(C)C(C)(C)C)CN1CCCCCCNc1cc(NS(=O)(=O)C2CC2)cc(-c2ncccn2)c1. The van der Waals surface area contributed by atoms with Crippen LogP contribution in [-0.2, 0) is 27.7 Å². The molecule has 372 valence electrons. The van der Waals surface area contributed by atoms with E-state index < -0.39 is 43.3 Å². The molecule has 0 spiro atoms. The average molecular weight is 993 g/mol. The maximum absolute atomic E-state index is 12.9. The van der Waals surface area contributed by atoms with Crippen LogP contribution in [0.1, 0.15) is 122 Å². The number of sulfonamides is 1. The summed E-state index contributed by atoms with van der Waals surface area (Å²) in [5.41, 5.74) is 2.14. The van der Waals surface area contributed by atoms with E-state index in [1.807, 2.05) is 18.2 Å². The molecular weight excluding hydrogens is 899 g/mol. The summed E-state index contributed by atoms with van der Waals surface area (Å²) in [4.78, 5) is 11.5. The Morgan fingerprint density at radius 3 is 1.66 bits per heavy atom. The van der Waals surface area contributed by atoms with Crippen LogP contribution in [0.25, 0.3) is 11.4 Å². The van der Waals surface area contributed by atoms with E-state index in [1.54, 1.807) is 18.5 Å². The standard InChI is InChI=1S/C49H93N5O6SSi4/c1-46(2,3)62(13,14)57-36-41-43(59-64(17,18)48(7,8)9)44(60-65(19,20)49(10,11)12)42(58-63(15,16)47(4,5)6)35-54(41)31-24-22-21-23-28-50-38-32-37(45-51-29-25-30-52-45)33-39(34-38)53-61(55,56)40-26-27-40/h25,29-30,32-34,40-44,50,53H,21-24,26-28,31,35-36H2,1-20H3/t41-,42?,43?,44?/m1/s1. The zero-order valence-corrected chi connectivity index (χ0v) is 49.4. The minimum Gasteiger partial charge on any atom is -0.415 e. The summed E-state index contributed by atoms with van der Waals surface area (Å²) in [5.74, 6) is 0.556. The quantitative estimate of drug-likeness (QED) is 0.0923. The van der Waals surface area contributed by atoms with Crippen LogP contribution in [0, 0.1) is 0 Å². The highest BCUT2D eigenvalue weighted by Crippen LogP contribution is 2.46. The van der Waals surface area contributed by atoms with Gasteiger partial charge in [0.15, 0.2) is 39.1 Å². The lowest BCUT2D eigenvalue weighted by atomic mass is 9.94. The Kier molecular flexibility index (Phi) is 18.0. The molecule has 2 aliphatic rings. The van der Waals surface area contributed by atoms with Gasteiger partial charge in [0.1, 0.15) is 0 Å². The van der Waals surface area contributed by atoms with Gasteiger partial charge >= 0.3 is 0 Å². The van der Waals surface area contributed by atoms with Gasteiger partial charge in [0.25, 0.3) is 0 Å².